The Labute approximate surface area is 149 Å². The summed E-state index contributed by atoms with van der Waals surface area (Å²) in [6.45, 7) is 9.40. The highest BCUT2D eigenvalue weighted by Gasteiger charge is 2.33. The second kappa shape index (κ2) is 12.7. The molecule has 2 aliphatic rings. The fraction of sp³-hybridized carbons (Fsp3) is 1.00. The van der Waals surface area contributed by atoms with Crippen molar-refractivity contribution in [3.05, 3.63) is 0 Å². The van der Waals surface area contributed by atoms with Crippen LogP contribution in [0.2, 0.25) is 0 Å². The largest absolute Gasteiger partial charge is 0.116 e. The minimum absolute atomic E-state index is 0.703. The highest BCUT2D eigenvalue weighted by molar-refractivity contribution is 7.40. The average molecular weight is 341 g/mol. The molecule has 0 N–H and O–H groups in total. The van der Waals surface area contributed by atoms with Crippen LogP contribution in [0.1, 0.15) is 118 Å². The first-order valence-corrected chi connectivity index (χ1v) is 12.1. The van der Waals surface area contributed by atoms with Gasteiger partial charge in [-0.1, -0.05) is 91.9 Å². The van der Waals surface area contributed by atoms with E-state index in [0.717, 1.165) is 11.8 Å². The zero-order valence-corrected chi connectivity index (χ0v) is 17.8. The minimum atomic E-state index is 0.703. The van der Waals surface area contributed by atoms with Gasteiger partial charge in [0, 0.05) is 0 Å². The van der Waals surface area contributed by atoms with Gasteiger partial charge in [0.15, 0.2) is 0 Å². The first kappa shape index (κ1) is 21.5. The fourth-order valence-corrected chi connectivity index (χ4v) is 6.38. The molecule has 23 heavy (non-hydrogen) atoms. The van der Waals surface area contributed by atoms with E-state index in [0.29, 0.717) is 5.16 Å². The van der Waals surface area contributed by atoms with Crippen LogP contribution in [0, 0.1) is 11.8 Å². The van der Waals surface area contributed by atoms with Crippen LogP contribution < -0.4 is 0 Å². The van der Waals surface area contributed by atoms with E-state index in [2.05, 4.69) is 27.7 Å². The Morgan fingerprint density at radius 1 is 0.783 bits per heavy atom. The first-order chi connectivity index (χ1) is 11.1. The molecule has 1 heterocycles. The molecule has 0 aromatic rings. The van der Waals surface area contributed by atoms with Crippen molar-refractivity contribution in [2.45, 2.75) is 123 Å². The van der Waals surface area contributed by atoms with Gasteiger partial charge in [0.05, 0.1) is 0 Å². The van der Waals surface area contributed by atoms with Crippen molar-refractivity contribution < 1.29 is 0 Å². The molecule has 1 aliphatic heterocycles. The van der Waals surface area contributed by atoms with Gasteiger partial charge < -0.3 is 0 Å². The van der Waals surface area contributed by atoms with Crippen molar-refractivity contribution in [3.8, 4) is 0 Å². The third kappa shape index (κ3) is 8.90. The quantitative estimate of drug-likeness (QED) is 0.422. The van der Waals surface area contributed by atoms with Gasteiger partial charge in [-0.25, -0.2) is 0 Å². The molecule has 0 radical (unpaired) electrons. The molecule has 3 atom stereocenters. The van der Waals surface area contributed by atoms with Crippen molar-refractivity contribution >= 4 is 8.58 Å². The number of rotatable bonds is 1. The first-order valence-electron chi connectivity index (χ1n) is 10.9. The zero-order chi connectivity index (χ0) is 17.0. The van der Waals surface area contributed by atoms with Crippen molar-refractivity contribution in [2.75, 3.05) is 6.16 Å². The normalized spacial score (nSPS) is 33.1. The maximum Gasteiger partial charge on any atom is -0.0122 e. The Morgan fingerprint density at radius 3 is 1.91 bits per heavy atom. The van der Waals surface area contributed by atoms with Gasteiger partial charge in [0.1, 0.15) is 0 Å². The average Bonchev–Trinajstić information content (AvgIpc) is 2.70. The Kier molecular flexibility index (Phi) is 11.9. The Morgan fingerprint density at radius 2 is 1.30 bits per heavy atom. The summed E-state index contributed by atoms with van der Waals surface area (Å²) in [5.41, 5.74) is 0. The Bertz CT molecular complexity index is 265. The van der Waals surface area contributed by atoms with Gasteiger partial charge in [-0.3, -0.25) is 0 Å². The molecule has 0 aromatic heterocycles. The topological polar surface area (TPSA) is 0 Å². The van der Waals surface area contributed by atoms with Gasteiger partial charge >= 0.3 is 0 Å². The van der Waals surface area contributed by atoms with Crippen LogP contribution in [0.3, 0.4) is 0 Å². The van der Waals surface area contributed by atoms with Crippen LogP contribution in [0.25, 0.3) is 0 Å². The van der Waals surface area contributed by atoms with Crippen molar-refractivity contribution in [2.24, 2.45) is 11.8 Å². The molecular formula is C22H45P. The highest BCUT2D eigenvalue weighted by atomic mass is 31.1. The summed E-state index contributed by atoms with van der Waals surface area (Å²) in [6.07, 6.45) is 22.4. The Hall–Kier alpha value is 0.430. The highest BCUT2D eigenvalue weighted by Crippen LogP contribution is 2.48. The van der Waals surface area contributed by atoms with Crippen LogP contribution in [-0.2, 0) is 0 Å². The molecule has 3 unspecified atom stereocenters. The summed E-state index contributed by atoms with van der Waals surface area (Å²) in [4.78, 5) is 0. The molecule has 0 amide bonds. The SMILES string of the molecule is CC1CCCPC(C)(C2CCCCCCCC2)CCC1.CCC. The molecular weight excluding hydrogens is 295 g/mol. The molecule has 0 spiro atoms. The zero-order valence-electron chi connectivity index (χ0n) is 16.8. The monoisotopic (exact) mass is 340 g/mol. The number of hydrogen-bond donors (Lipinski definition) is 0. The standard InChI is InChI=1S/C19H37P.C3H8/c1-17-11-9-15-19(2,20-16-10-12-17)18-13-7-5-3-4-6-8-14-18;1-3-2/h17-18,20H,3-16H2,1-2H3;3H2,1-2H3. The van der Waals surface area contributed by atoms with Crippen molar-refractivity contribution in [1.29, 1.82) is 0 Å². The molecule has 2 fully saturated rings. The maximum atomic E-state index is 2.67. The van der Waals surface area contributed by atoms with E-state index in [1.165, 1.54) is 91.8 Å². The molecule has 0 aromatic carbocycles. The number of hydrogen-bond acceptors (Lipinski definition) is 0. The molecule has 0 bridgehead atoms. The van der Waals surface area contributed by atoms with Gasteiger partial charge in [-0.15, -0.1) is 8.58 Å². The van der Waals surface area contributed by atoms with E-state index < -0.39 is 0 Å². The minimum Gasteiger partial charge on any atom is -0.116 e. The smallest absolute Gasteiger partial charge is 0.0122 e. The second-order valence-electron chi connectivity index (χ2n) is 8.59. The molecule has 0 nitrogen and oxygen atoms in total. The molecule has 1 saturated heterocycles. The summed E-state index contributed by atoms with van der Waals surface area (Å²) in [6, 6.07) is 0. The predicted octanol–water partition coefficient (Wildman–Crippen LogP) is 8.19. The van der Waals surface area contributed by atoms with Gasteiger partial charge in [-0.05, 0) is 48.8 Å². The molecule has 2 rings (SSSR count). The summed E-state index contributed by atoms with van der Waals surface area (Å²) in [7, 11) is 1.24. The van der Waals surface area contributed by atoms with Gasteiger partial charge in [-0.2, -0.15) is 0 Å². The van der Waals surface area contributed by atoms with Crippen LogP contribution >= 0.6 is 8.58 Å². The summed E-state index contributed by atoms with van der Waals surface area (Å²) in [5, 5.41) is 0.703. The molecule has 1 heteroatoms. The van der Waals surface area contributed by atoms with E-state index >= 15 is 0 Å². The third-order valence-electron chi connectivity index (χ3n) is 6.05. The summed E-state index contributed by atoms with van der Waals surface area (Å²) < 4.78 is 0. The predicted molar refractivity (Wildman–Crippen MR) is 110 cm³/mol. The van der Waals surface area contributed by atoms with E-state index in [1.54, 1.807) is 12.8 Å². The lowest BCUT2D eigenvalue weighted by Gasteiger charge is -2.38. The molecule has 1 saturated carbocycles. The van der Waals surface area contributed by atoms with Crippen LogP contribution in [-0.4, -0.2) is 11.3 Å². The molecule has 1 aliphatic carbocycles. The van der Waals surface area contributed by atoms with Crippen LogP contribution in [0.15, 0.2) is 0 Å². The summed E-state index contributed by atoms with van der Waals surface area (Å²) in [5.74, 6) is 2.04. The second-order valence-corrected chi connectivity index (χ2v) is 10.6. The van der Waals surface area contributed by atoms with E-state index in [4.69, 9.17) is 0 Å². The lowest BCUT2D eigenvalue weighted by Crippen LogP contribution is -2.30. The maximum absolute atomic E-state index is 2.67. The van der Waals surface area contributed by atoms with Crippen LogP contribution in [0.4, 0.5) is 0 Å². The lowest BCUT2D eigenvalue weighted by molar-refractivity contribution is 0.308. The molecule has 138 valence electrons. The Balaban J connectivity index is 0.000000816. The third-order valence-corrected chi connectivity index (χ3v) is 8.12. The summed E-state index contributed by atoms with van der Waals surface area (Å²) >= 11 is 0. The van der Waals surface area contributed by atoms with E-state index in [9.17, 15) is 0 Å². The van der Waals surface area contributed by atoms with Crippen molar-refractivity contribution in [1.82, 2.24) is 0 Å². The lowest BCUT2D eigenvalue weighted by atomic mass is 9.81. The van der Waals surface area contributed by atoms with Gasteiger partial charge in [0.2, 0.25) is 0 Å². The van der Waals surface area contributed by atoms with Crippen molar-refractivity contribution in [3.63, 3.8) is 0 Å². The van der Waals surface area contributed by atoms with Gasteiger partial charge in [0.25, 0.3) is 0 Å². The van der Waals surface area contributed by atoms with Crippen LogP contribution in [0.5, 0.6) is 0 Å². The van der Waals surface area contributed by atoms with E-state index in [-0.39, 0.29) is 0 Å². The fourth-order valence-electron chi connectivity index (χ4n) is 4.49. The van der Waals surface area contributed by atoms with E-state index in [1.807, 2.05) is 0 Å².